The zero-order valence-corrected chi connectivity index (χ0v) is 5.96. The summed E-state index contributed by atoms with van der Waals surface area (Å²) in [6.45, 7) is 0. The van der Waals surface area contributed by atoms with Crippen molar-refractivity contribution in [2.75, 3.05) is 0 Å². The van der Waals surface area contributed by atoms with Crippen LogP contribution in [0, 0.1) is 0 Å². The van der Waals surface area contributed by atoms with Crippen molar-refractivity contribution in [1.29, 1.82) is 0 Å². The van der Waals surface area contributed by atoms with Crippen LogP contribution in [0.3, 0.4) is 0 Å². The van der Waals surface area contributed by atoms with Crippen molar-refractivity contribution in [3.05, 3.63) is 17.8 Å². The van der Waals surface area contributed by atoms with Crippen molar-refractivity contribution in [2.45, 2.75) is 0 Å². The van der Waals surface area contributed by atoms with Gasteiger partial charge in [0.1, 0.15) is 18.2 Å². The minimum Gasteiger partial charge on any atom is -0.229 e. The maximum Gasteiger partial charge on any atom is 0.195 e. The second kappa shape index (κ2) is 2.13. The Bertz CT molecular complexity index is 398. The molecule has 2 heterocycles. The molecule has 0 aromatic carbocycles. The molecular formula is C5H2ClFN4. The summed E-state index contributed by atoms with van der Waals surface area (Å²) in [4.78, 5) is 11.2. The van der Waals surface area contributed by atoms with E-state index in [1.807, 2.05) is 0 Å². The van der Waals surface area contributed by atoms with Crippen molar-refractivity contribution in [3.8, 4) is 0 Å². The molecule has 2 rings (SSSR count). The quantitative estimate of drug-likeness (QED) is 0.561. The Morgan fingerprint density at radius 1 is 1.36 bits per heavy atom. The van der Waals surface area contributed by atoms with Gasteiger partial charge in [-0.25, -0.2) is 15.0 Å². The predicted molar refractivity (Wildman–Crippen MR) is 36.8 cm³/mol. The zero-order chi connectivity index (χ0) is 7.84. The highest BCUT2D eigenvalue weighted by Gasteiger charge is 2.06. The van der Waals surface area contributed by atoms with Gasteiger partial charge < -0.3 is 0 Å². The van der Waals surface area contributed by atoms with Crippen LogP contribution in [-0.2, 0) is 0 Å². The Balaban J connectivity index is 2.94. The van der Waals surface area contributed by atoms with Crippen molar-refractivity contribution in [1.82, 2.24) is 19.7 Å². The molecule has 0 N–H and O–H groups in total. The van der Waals surface area contributed by atoms with Gasteiger partial charge in [-0.3, -0.25) is 0 Å². The zero-order valence-electron chi connectivity index (χ0n) is 5.20. The van der Waals surface area contributed by atoms with Gasteiger partial charge in [0.2, 0.25) is 0 Å². The lowest BCUT2D eigenvalue weighted by atomic mass is 10.6. The van der Waals surface area contributed by atoms with Crippen LogP contribution in [-0.4, -0.2) is 19.7 Å². The molecule has 2 aromatic rings. The molecule has 11 heavy (non-hydrogen) atoms. The topological polar surface area (TPSA) is 43.6 Å². The van der Waals surface area contributed by atoms with E-state index in [0.717, 1.165) is 6.33 Å². The lowest BCUT2D eigenvalue weighted by molar-refractivity contribution is 0.381. The summed E-state index contributed by atoms with van der Waals surface area (Å²) in [5.74, 6) is 0. The van der Waals surface area contributed by atoms with Crippen molar-refractivity contribution in [2.24, 2.45) is 0 Å². The number of hydrogen-bond acceptors (Lipinski definition) is 3. The van der Waals surface area contributed by atoms with Crippen molar-refractivity contribution in [3.63, 3.8) is 0 Å². The Morgan fingerprint density at radius 3 is 2.91 bits per heavy atom. The molecule has 0 aliphatic carbocycles. The van der Waals surface area contributed by atoms with E-state index in [0.29, 0.717) is 4.79 Å². The minimum atomic E-state index is 0.0880. The fraction of sp³-hybridized carbons (Fsp3) is 0. The molecule has 0 radical (unpaired) electrons. The fourth-order valence-electron chi connectivity index (χ4n) is 0.779. The molecule has 0 fully saturated rings. The molecule has 0 amide bonds. The molecule has 0 saturated heterocycles. The maximum atomic E-state index is 12.6. The number of nitrogens with zero attached hydrogens (tertiary/aromatic N) is 4. The van der Waals surface area contributed by atoms with Gasteiger partial charge in [0, 0.05) is 0 Å². The first-order valence-corrected chi connectivity index (χ1v) is 3.16. The van der Waals surface area contributed by atoms with Crippen LogP contribution in [0.1, 0.15) is 0 Å². The van der Waals surface area contributed by atoms with E-state index in [9.17, 15) is 4.48 Å². The summed E-state index contributed by atoms with van der Waals surface area (Å²) >= 11 is 5.58. The molecule has 56 valence electrons. The molecule has 6 heteroatoms. The molecule has 4 nitrogen and oxygen atoms in total. The number of imidazole rings is 1. The lowest BCUT2D eigenvalue weighted by Gasteiger charge is -1.88. The lowest BCUT2D eigenvalue weighted by Crippen LogP contribution is -1.84. The van der Waals surface area contributed by atoms with Crippen LogP contribution in [0.5, 0.6) is 0 Å². The average molecular weight is 173 g/mol. The van der Waals surface area contributed by atoms with Crippen LogP contribution in [0.15, 0.2) is 12.7 Å². The third-order valence-electron chi connectivity index (χ3n) is 1.25. The second-order valence-electron chi connectivity index (χ2n) is 1.89. The van der Waals surface area contributed by atoms with Gasteiger partial charge in [0.05, 0.1) is 0 Å². The Hall–Kier alpha value is -1.23. The number of aromatic nitrogens is 4. The van der Waals surface area contributed by atoms with Gasteiger partial charge in [0.25, 0.3) is 0 Å². The van der Waals surface area contributed by atoms with Gasteiger partial charge in [-0.2, -0.15) is 0 Å². The third kappa shape index (κ3) is 0.848. The number of halogens is 2. The highest BCUT2D eigenvalue weighted by atomic mass is 35.5. The summed E-state index contributed by atoms with van der Waals surface area (Å²) in [6, 6.07) is 0. The van der Waals surface area contributed by atoms with Crippen LogP contribution < -0.4 is 0 Å². The number of rotatable bonds is 0. The van der Waals surface area contributed by atoms with Gasteiger partial charge in [-0.05, 0) is 0 Å². The largest absolute Gasteiger partial charge is 0.229 e. The summed E-state index contributed by atoms with van der Waals surface area (Å²) in [6.07, 6.45) is 2.17. The van der Waals surface area contributed by atoms with Gasteiger partial charge in [-0.1, -0.05) is 16.1 Å². The van der Waals surface area contributed by atoms with E-state index >= 15 is 0 Å². The van der Waals surface area contributed by atoms with E-state index in [2.05, 4.69) is 15.0 Å². The Labute approximate surface area is 65.6 Å². The highest BCUT2D eigenvalue weighted by molar-refractivity contribution is 6.33. The molecule has 0 atom stereocenters. The Morgan fingerprint density at radius 2 is 2.18 bits per heavy atom. The van der Waals surface area contributed by atoms with Gasteiger partial charge in [-0.15, -0.1) is 4.79 Å². The summed E-state index contributed by atoms with van der Waals surface area (Å²) in [5, 5.41) is 0.159. The van der Waals surface area contributed by atoms with Crippen LogP contribution in [0.4, 0.5) is 4.48 Å². The van der Waals surface area contributed by atoms with Crippen LogP contribution in [0.25, 0.3) is 11.2 Å². The average Bonchev–Trinajstić information content (AvgIpc) is 2.35. The van der Waals surface area contributed by atoms with E-state index < -0.39 is 0 Å². The molecule has 0 spiro atoms. The number of hydrogen-bond donors (Lipinski definition) is 0. The van der Waals surface area contributed by atoms with E-state index in [-0.39, 0.29) is 16.3 Å². The van der Waals surface area contributed by atoms with E-state index in [1.165, 1.54) is 6.33 Å². The van der Waals surface area contributed by atoms with Crippen molar-refractivity contribution < 1.29 is 4.48 Å². The normalized spacial score (nSPS) is 10.7. The minimum absolute atomic E-state index is 0.0880. The molecule has 0 unspecified atom stereocenters. The van der Waals surface area contributed by atoms with E-state index in [1.54, 1.807) is 0 Å². The Kier molecular flexibility index (Phi) is 1.25. The monoisotopic (exact) mass is 172 g/mol. The first-order chi connectivity index (χ1) is 5.29. The molecule has 0 bridgehead atoms. The SMILES string of the molecule is Fn1cnc2c(Cl)ncnc21. The van der Waals surface area contributed by atoms with Crippen LogP contribution >= 0.6 is 11.6 Å². The van der Waals surface area contributed by atoms with Crippen LogP contribution in [0.2, 0.25) is 5.15 Å². The molecule has 0 saturated carbocycles. The summed E-state index contributed by atoms with van der Waals surface area (Å²) in [7, 11) is 0. The number of fused-ring (bicyclic) bond motifs is 1. The molecule has 0 aliphatic heterocycles. The molecule has 2 aromatic heterocycles. The van der Waals surface area contributed by atoms with Crippen molar-refractivity contribution >= 4 is 22.8 Å². The van der Waals surface area contributed by atoms with Gasteiger partial charge in [0.15, 0.2) is 10.8 Å². The standard InChI is InChI=1S/C5H2ClFN4/c6-4-3-5(9-1-8-4)11(7)2-10-3/h1-2H. The second-order valence-corrected chi connectivity index (χ2v) is 2.25. The smallest absolute Gasteiger partial charge is 0.195 e. The van der Waals surface area contributed by atoms with E-state index in [4.69, 9.17) is 11.6 Å². The first kappa shape index (κ1) is 6.48. The predicted octanol–water partition coefficient (Wildman–Crippen LogP) is 1.21. The first-order valence-electron chi connectivity index (χ1n) is 2.79. The molecule has 0 aliphatic rings. The van der Waals surface area contributed by atoms with Gasteiger partial charge >= 0.3 is 0 Å². The fourth-order valence-corrected chi connectivity index (χ4v) is 0.956. The summed E-state index contributed by atoms with van der Waals surface area (Å²) in [5.41, 5.74) is 0.363. The molecular weight excluding hydrogens is 171 g/mol. The summed E-state index contributed by atoms with van der Waals surface area (Å²) < 4.78 is 12.6. The third-order valence-corrected chi connectivity index (χ3v) is 1.53. The maximum absolute atomic E-state index is 12.6. The highest BCUT2D eigenvalue weighted by Crippen LogP contribution is 2.16.